The Morgan fingerprint density at radius 2 is 1.38 bits per heavy atom. The van der Waals surface area contributed by atoms with Gasteiger partial charge in [-0.3, -0.25) is 0 Å². The standard InChI is InChI=1S/C18H13.C3H7.2ClH.Zr/c1-2-7-13(6-1)15-10-5-11-17-16-9-4-3-8-14(16)12-18(15)17;1-3-2;;;/h1-11H,12H2;3H,1-2H3;2*1H;/q2*-1;;;+4/p-2. The molecule has 122 valence electrons. The number of halogens is 2. The van der Waals surface area contributed by atoms with Gasteiger partial charge in [0.2, 0.25) is 0 Å². The Labute approximate surface area is 177 Å². The van der Waals surface area contributed by atoms with Crippen LogP contribution in [0.5, 0.6) is 0 Å². The molecule has 0 heterocycles. The van der Waals surface area contributed by atoms with Gasteiger partial charge in [-0.15, -0.1) is 23.8 Å². The van der Waals surface area contributed by atoms with E-state index in [0.29, 0.717) is 0 Å². The van der Waals surface area contributed by atoms with Gasteiger partial charge in [0.1, 0.15) is 0 Å². The first-order chi connectivity index (χ1) is 10.3. The molecule has 3 aromatic rings. The van der Waals surface area contributed by atoms with Crippen LogP contribution in [0.15, 0.2) is 66.7 Å². The third-order valence-corrected chi connectivity index (χ3v) is 3.82. The number of hydrogen-bond donors (Lipinski definition) is 0. The van der Waals surface area contributed by atoms with E-state index in [-0.39, 0.29) is 51.0 Å². The fourth-order valence-corrected chi connectivity index (χ4v) is 2.98. The summed E-state index contributed by atoms with van der Waals surface area (Å²) >= 11 is 0. The summed E-state index contributed by atoms with van der Waals surface area (Å²) in [5.74, 6) is 0. The average Bonchev–Trinajstić information content (AvgIpc) is 3.15. The van der Waals surface area contributed by atoms with Crippen LogP contribution in [0.2, 0.25) is 0 Å². The minimum atomic E-state index is 0. The van der Waals surface area contributed by atoms with Crippen LogP contribution in [0, 0.1) is 6.42 Å². The maximum atomic E-state index is 2.24. The summed E-state index contributed by atoms with van der Waals surface area (Å²) in [5.41, 5.74) is 8.45. The van der Waals surface area contributed by atoms with E-state index >= 15 is 0 Å². The van der Waals surface area contributed by atoms with Gasteiger partial charge in [0.05, 0.1) is 0 Å². The molecule has 24 heavy (non-hydrogen) atoms. The predicted molar refractivity (Wildman–Crippen MR) is 91.4 cm³/mol. The predicted octanol–water partition coefficient (Wildman–Crippen LogP) is -0.120. The molecule has 0 atom stereocenters. The van der Waals surface area contributed by atoms with Crippen LogP contribution in [-0.2, 0) is 32.6 Å². The van der Waals surface area contributed by atoms with Crippen LogP contribution in [-0.4, -0.2) is 0 Å². The quantitative estimate of drug-likeness (QED) is 0.367. The largest absolute Gasteiger partial charge is 4.00 e. The van der Waals surface area contributed by atoms with E-state index in [4.69, 9.17) is 0 Å². The van der Waals surface area contributed by atoms with Gasteiger partial charge in [0.25, 0.3) is 0 Å². The molecule has 0 aliphatic heterocycles. The molecular weight excluding hydrogens is 414 g/mol. The molecule has 0 saturated heterocycles. The van der Waals surface area contributed by atoms with Crippen LogP contribution >= 0.6 is 0 Å². The Balaban J connectivity index is 0.000000827. The Morgan fingerprint density at radius 3 is 2.04 bits per heavy atom. The van der Waals surface area contributed by atoms with Gasteiger partial charge < -0.3 is 31.2 Å². The van der Waals surface area contributed by atoms with Crippen molar-refractivity contribution in [3.8, 4) is 22.3 Å². The molecule has 0 unspecified atom stereocenters. The fourth-order valence-electron chi connectivity index (χ4n) is 2.98. The summed E-state index contributed by atoms with van der Waals surface area (Å²) in [6.07, 6.45) is 3.06. The van der Waals surface area contributed by atoms with Crippen LogP contribution < -0.4 is 24.8 Å². The molecule has 0 fully saturated rings. The van der Waals surface area contributed by atoms with Crippen molar-refractivity contribution in [1.82, 2.24) is 0 Å². The van der Waals surface area contributed by atoms with Crippen LogP contribution in [0.25, 0.3) is 22.3 Å². The van der Waals surface area contributed by atoms with E-state index in [1.54, 1.807) is 0 Å². The summed E-state index contributed by atoms with van der Waals surface area (Å²) in [7, 11) is 0. The molecule has 1 aliphatic rings. The summed E-state index contributed by atoms with van der Waals surface area (Å²) in [5, 5.41) is 0. The molecule has 0 amide bonds. The second-order valence-electron chi connectivity index (χ2n) is 5.42. The van der Waals surface area contributed by atoms with Crippen LogP contribution in [0.1, 0.15) is 25.0 Å². The third-order valence-electron chi connectivity index (χ3n) is 3.82. The first-order valence-electron chi connectivity index (χ1n) is 7.51. The van der Waals surface area contributed by atoms with Gasteiger partial charge in [0.15, 0.2) is 0 Å². The summed E-state index contributed by atoms with van der Waals surface area (Å²) in [6, 6.07) is 24.0. The Hall–Kier alpha value is -0.747. The first-order valence-corrected chi connectivity index (χ1v) is 7.51. The number of hydrogen-bond acceptors (Lipinski definition) is 0. The van der Waals surface area contributed by atoms with Crippen molar-refractivity contribution in [2.45, 2.75) is 20.3 Å². The number of fused-ring (bicyclic) bond motifs is 3. The van der Waals surface area contributed by atoms with Crippen molar-refractivity contribution < 1.29 is 51.0 Å². The van der Waals surface area contributed by atoms with Crippen molar-refractivity contribution in [1.29, 1.82) is 0 Å². The van der Waals surface area contributed by atoms with E-state index in [0.717, 1.165) is 6.42 Å². The van der Waals surface area contributed by atoms with Crippen molar-refractivity contribution in [3.05, 3.63) is 84.3 Å². The van der Waals surface area contributed by atoms with E-state index < -0.39 is 0 Å². The van der Waals surface area contributed by atoms with Gasteiger partial charge in [0, 0.05) is 0 Å². The fraction of sp³-hybridized carbons (Fsp3) is 0.143. The van der Waals surface area contributed by atoms with E-state index in [2.05, 4.69) is 66.7 Å². The number of rotatable bonds is 1. The summed E-state index contributed by atoms with van der Waals surface area (Å²) in [6.45, 7) is 4.00. The molecule has 0 N–H and O–H groups in total. The van der Waals surface area contributed by atoms with E-state index in [1.807, 2.05) is 20.3 Å². The minimum Gasteiger partial charge on any atom is -1.00 e. The molecule has 0 radical (unpaired) electrons. The molecule has 0 bridgehead atoms. The smallest absolute Gasteiger partial charge is 1.00 e. The molecule has 0 saturated carbocycles. The van der Waals surface area contributed by atoms with Crippen LogP contribution in [0.3, 0.4) is 0 Å². The Bertz CT molecular complexity index is 733. The van der Waals surface area contributed by atoms with Crippen molar-refractivity contribution >= 4 is 0 Å². The van der Waals surface area contributed by atoms with Crippen molar-refractivity contribution in [2.24, 2.45) is 0 Å². The normalized spacial score (nSPS) is 9.92. The monoisotopic (exact) mass is 432 g/mol. The van der Waals surface area contributed by atoms with Gasteiger partial charge in [-0.1, -0.05) is 47.5 Å². The SMILES string of the molecule is C[CH-]C.[Cl-].[Cl-].[Zr+4].c1ccc2c(c1)Cc1c-2cccc1-[c-]1cccc1. The zero-order valence-electron chi connectivity index (χ0n) is 13.9. The molecule has 0 nitrogen and oxygen atoms in total. The zero-order valence-corrected chi connectivity index (χ0v) is 17.9. The third kappa shape index (κ3) is 4.66. The molecule has 3 heteroatoms. The van der Waals surface area contributed by atoms with Gasteiger partial charge >= 0.3 is 26.2 Å². The van der Waals surface area contributed by atoms with Gasteiger partial charge in [-0.25, -0.2) is 0 Å². The van der Waals surface area contributed by atoms with Gasteiger partial charge in [-0.2, -0.15) is 26.0 Å². The molecule has 1 aliphatic carbocycles. The maximum absolute atomic E-state index is 2.24. The topological polar surface area (TPSA) is 0 Å². The molecule has 0 aromatic heterocycles. The number of benzene rings is 2. The van der Waals surface area contributed by atoms with Crippen LogP contribution in [0.4, 0.5) is 0 Å². The van der Waals surface area contributed by atoms with Crippen molar-refractivity contribution in [2.75, 3.05) is 0 Å². The maximum Gasteiger partial charge on any atom is 4.00 e. The minimum absolute atomic E-state index is 0. The average molecular weight is 435 g/mol. The Morgan fingerprint density at radius 1 is 0.792 bits per heavy atom. The zero-order chi connectivity index (χ0) is 14.7. The molecule has 0 spiro atoms. The second kappa shape index (κ2) is 11.0. The second-order valence-corrected chi connectivity index (χ2v) is 5.42. The molecule has 4 rings (SSSR count). The van der Waals surface area contributed by atoms with E-state index in [1.165, 1.54) is 33.4 Å². The summed E-state index contributed by atoms with van der Waals surface area (Å²) < 4.78 is 0. The van der Waals surface area contributed by atoms with Crippen molar-refractivity contribution in [3.63, 3.8) is 0 Å². The molecule has 3 aromatic carbocycles. The Kier molecular flexibility index (Phi) is 10.6. The molecular formula is C21H20Cl2Zr. The first kappa shape index (κ1) is 23.3. The summed E-state index contributed by atoms with van der Waals surface area (Å²) in [4.78, 5) is 0. The van der Waals surface area contributed by atoms with Gasteiger partial charge in [-0.05, 0) is 23.1 Å². The van der Waals surface area contributed by atoms with E-state index in [9.17, 15) is 0 Å².